The second kappa shape index (κ2) is 12.3. The molecule has 0 spiro atoms. The second-order valence-corrected chi connectivity index (χ2v) is 7.68. The Kier molecular flexibility index (Phi) is 8.92. The van der Waals surface area contributed by atoms with Crippen molar-refractivity contribution < 1.29 is 32.4 Å². The van der Waals surface area contributed by atoms with E-state index < -0.39 is 28.5 Å². The molecule has 2 amide bonds. The average molecular weight is 514 g/mol. The number of amides is 2. The normalized spacial score (nSPS) is 11.2. The van der Waals surface area contributed by atoms with Crippen molar-refractivity contribution in [3.05, 3.63) is 99.6 Å². The van der Waals surface area contributed by atoms with Crippen LogP contribution in [0.5, 0.6) is 5.75 Å². The van der Waals surface area contributed by atoms with Crippen LogP contribution in [-0.4, -0.2) is 23.0 Å². The van der Waals surface area contributed by atoms with Crippen LogP contribution in [0.4, 0.5) is 24.5 Å². The third-order valence-electron chi connectivity index (χ3n) is 4.87. The molecule has 9 nitrogen and oxygen atoms in total. The predicted octanol–water partition coefficient (Wildman–Crippen LogP) is 5.06. The lowest BCUT2D eigenvalue weighted by atomic mass is 10.2. The quantitative estimate of drug-likeness (QED) is 0.222. The Hall–Kier alpha value is -4.74. The maximum atomic E-state index is 12.8. The molecule has 0 saturated heterocycles. The molecule has 0 saturated carbocycles. The molecule has 0 radical (unpaired) electrons. The van der Waals surface area contributed by atoms with Gasteiger partial charge < -0.3 is 10.1 Å². The van der Waals surface area contributed by atoms with E-state index in [2.05, 4.69) is 15.8 Å². The fourth-order valence-corrected chi connectivity index (χ4v) is 3.07. The first-order chi connectivity index (χ1) is 17.6. The molecule has 192 valence electrons. The Morgan fingerprint density at radius 2 is 1.70 bits per heavy atom. The lowest BCUT2D eigenvalue weighted by Gasteiger charge is -2.09. The number of nitro benzene ring substituents is 1. The Labute approximate surface area is 209 Å². The zero-order chi connectivity index (χ0) is 26.8. The first-order valence-corrected chi connectivity index (χ1v) is 10.9. The molecular formula is C25H21F3N4O5. The summed E-state index contributed by atoms with van der Waals surface area (Å²) in [5.41, 5.74) is 2.12. The molecule has 12 heteroatoms. The summed E-state index contributed by atoms with van der Waals surface area (Å²) in [6, 6.07) is 17.4. The summed E-state index contributed by atoms with van der Waals surface area (Å²) in [5.74, 6) is -1.21. The molecule has 2 N–H and O–H groups in total. The van der Waals surface area contributed by atoms with Crippen LogP contribution in [0.1, 0.15) is 29.5 Å². The maximum Gasteiger partial charge on any atom is 0.416 e. The Balaban J connectivity index is 1.50. The molecule has 0 aliphatic rings. The van der Waals surface area contributed by atoms with E-state index in [0.717, 1.165) is 23.8 Å². The van der Waals surface area contributed by atoms with E-state index in [1.807, 2.05) is 30.3 Å². The van der Waals surface area contributed by atoms with Gasteiger partial charge in [-0.1, -0.05) is 36.4 Å². The lowest BCUT2D eigenvalue weighted by Crippen LogP contribution is -2.20. The molecule has 37 heavy (non-hydrogen) atoms. The number of nitro groups is 1. The summed E-state index contributed by atoms with van der Waals surface area (Å²) >= 11 is 0. The van der Waals surface area contributed by atoms with E-state index in [9.17, 15) is 32.9 Å². The minimum absolute atomic E-state index is 0.0453. The van der Waals surface area contributed by atoms with Gasteiger partial charge in [-0.05, 0) is 35.9 Å². The lowest BCUT2D eigenvalue weighted by molar-refractivity contribution is -0.385. The summed E-state index contributed by atoms with van der Waals surface area (Å²) in [6.45, 7) is 0.145. The predicted molar refractivity (Wildman–Crippen MR) is 129 cm³/mol. The van der Waals surface area contributed by atoms with Gasteiger partial charge in [0, 0.05) is 30.2 Å². The van der Waals surface area contributed by atoms with Crippen molar-refractivity contribution in [2.75, 3.05) is 5.32 Å². The summed E-state index contributed by atoms with van der Waals surface area (Å²) in [4.78, 5) is 34.7. The number of anilines is 1. The number of alkyl halides is 3. The van der Waals surface area contributed by atoms with Gasteiger partial charge in [0.15, 0.2) is 5.75 Å². The topological polar surface area (TPSA) is 123 Å². The largest absolute Gasteiger partial charge is 0.482 e. The van der Waals surface area contributed by atoms with Crippen molar-refractivity contribution >= 4 is 29.4 Å². The highest BCUT2D eigenvalue weighted by atomic mass is 19.4. The average Bonchev–Trinajstić information content (AvgIpc) is 2.87. The SMILES string of the molecule is O=C(CCC(=O)Nc1cccc(C(F)(F)F)c1)NN=Cc1ccc(OCc2ccccc2)c([N+](=O)[O-])c1. The van der Waals surface area contributed by atoms with Crippen molar-refractivity contribution in [2.24, 2.45) is 5.10 Å². The highest BCUT2D eigenvalue weighted by molar-refractivity contribution is 5.93. The number of carbonyl (C=O) groups is 2. The van der Waals surface area contributed by atoms with Gasteiger partial charge in [-0.3, -0.25) is 19.7 Å². The van der Waals surface area contributed by atoms with Gasteiger partial charge in [-0.25, -0.2) is 5.43 Å². The van der Waals surface area contributed by atoms with Gasteiger partial charge in [0.1, 0.15) is 6.61 Å². The summed E-state index contributed by atoms with van der Waals surface area (Å²) in [6.07, 6.45) is -3.94. The van der Waals surface area contributed by atoms with Crippen LogP contribution in [0, 0.1) is 10.1 Å². The van der Waals surface area contributed by atoms with Crippen LogP contribution in [0.25, 0.3) is 0 Å². The fourth-order valence-electron chi connectivity index (χ4n) is 3.07. The first-order valence-electron chi connectivity index (χ1n) is 10.9. The third kappa shape index (κ3) is 8.46. The smallest absolute Gasteiger partial charge is 0.416 e. The molecular weight excluding hydrogens is 493 g/mol. The number of hydrazone groups is 1. The van der Waals surface area contributed by atoms with Crippen LogP contribution < -0.4 is 15.5 Å². The molecule has 3 aromatic rings. The zero-order valence-corrected chi connectivity index (χ0v) is 19.2. The number of benzene rings is 3. The number of ether oxygens (including phenoxy) is 1. The number of nitrogens with zero attached hydrogens (tertiary/aromatic N) is 2. The second-order valence-electron chi connectivity index (χ2n) is 7.68. The van der Waals surface area contributed by atoms with Gasteiger partial charge in [0.25, 0.3) is 0 Å². The number of nitrogens with one attached hydrogen (secondary N) is 2. The minimum Gasteiger partial charge on any atom is -0.482 e. The molecule has 0 heterocycles. The van der Waals surface area contributed by atoms with E-state index in [1.54, 1.807) is 0 Å². The van der Waals surface area contributed by atoms with Gasteiger partial charge in [0.05, 0.1) is 16.7 Å². The van der Waals surface area contributed by atoms with E-state index in [0.29, 0.717) is 5.56 Å². The molecule has 0 aliphatic heterocycles. The molecule has 0 aliphatic carbocycles. The van der Waals surface area contributed by atoms with Crippen LogP contribution in [0.3, 0.4) is 0 Å². The van der Waals surface area contributed by atoms with Crippen LogP contribution in [0.15, 0.2) is 77.9 Å². The van der Waals surface area contributed by atoms with Crippen molar-refractivity contribution in [3.63, 3.8) is 0 Å². The molecule has 3 aromatic carbocycles. The van der Waals surface area contributed by atoms with E-state index >= 15 is 0 Å². The number of rotatable bonds is 10. The summed E-state index contributed by atoms with van der Waals surface area (Å²) in [5, 5.41) is 17.5. The number of hydrogen-bond donors (Lipinski definition) is 2. The van der Waals surface area contributed by atoms with Crippen LogP contribution in [-0.2, 0) is 22.4 Å². The minimum atomic E-state index is -4.55. The third-order valence-corrected chi connectivity index (χ3v) is 4.87. The van der Waals surface area contributed by atoms with Crippen molar-refractivity contribution in [1.82, 2.24) is 5.43 Å². The highest BCUT2D eigenvalue weighted by Crippen LogP contribution is 2.31. The van der Waals surface area contributed by atoms with Crippen molar-refractivity contribution in [1.29, 1.82) is 0 Å². The molecule has 0 aromatic heterocycles. The summed E-state index contributed by atoms with van der Waals surface area (Å²) in [7, 11) is 0. The number of halogens is 3. The molecule has 0 fully saturated rings. The molecule has 0 unspecified atom stereocenters. The Morgan fingerprint density at radius 3 is 2.41 bits per heavy atom. The van der Waals surface area contributed by atoms with Crippen molar-refractivity contribution in [2.45, 2.75) is 25.6 Å². The van der Waals surface area contributed by atoms with Crippen LogP contribution in [0.2, 0.25) is 0 Å². The van der Waals surface area contributed by atoms with Crippen molar-refractivity contribution in [3.8, 4) is 5.75 Å². The monoisotopic (exact) mass is 514 g/mol. The maximum absolute atomic E-state index is 12.8. The van der Waals surface area contributed by atoms with Gasteiger partial charge >= 0.3 is 11.9 Å². The molecule has 0 bridgehead atoms. The first kappa shape index (κ1) is 26.9. The van der Waals surface area contributed by atoms with Crippen LogP contribution >= 0.6 is 0 Å². The van der Waals surface area contributed by atoms with E-state index in [1.165, 1.54) is 30.5 Å². The zero-order valence-electron chi connectivity index (χ0n) is 19.2. The molecule has 3 rings (SSSR count). The Morgan fingerprint density at radius 1 is 0.973 bits per heavy atom. The van der Waals surface area contributed by atoms with E-state index in [4.69, 9.17) is 4.74 Å². The van der Waals surface area contributed by atoms with E-state index in [-0.39, 0.29) is 36.6 Å². The summed E-state index contributed by atoms with van der Waals surface area (Å²) < 4.78 is 43.8. The number of carbonyl (C=O) groups excluding carboxylic acids is 2. The Bertz CT molecular complexity index is 1300. The fraction of sp³-hybridized carbons (Fsp3) is 0.160. The standard InChI is InChI=1S/C25H21F3N4O5/c26-25(27,28)19-7-4-8-20(14-19)30-23(33)11-12-24(34)31-29-15-18-9-10-22(21(13-18)32(35)36)37-16-17-5-2-1-3-6-17/h1-10,13-15H,11-12,16H2,(H,30,33)(H,31,34). The number of hydrogen-bond acceptors (Lipinski definition) is 6. The highest BCUT2D eigenvalue weighted by Gasteiger charge is 2.30. The van der Waals surface area contributed by atoms with Gasteiger partial charge in [-0.2, -0.15) is 18.3 Å². The van der Waals surface area contributed by atoms with Gasteiger partial charge in [-0.15, -0.1) is 0 Å². The van der Waals surface area contributed by atoms with Gasteiger partial charge in [0.2, 0.25) is 11.8 Å². The molecule has 0 atom stereocenters.